The first-order valence-corrected chi connectivity index (χ1v) is 7.35. The zero-order valence-electron chi connectivity index (χ0n) is 10.1. The second kappa shape index (κ2) is 5.35. The lowest BCUT2D eigenvalue weighted by atomic mass is 10.2. The Morgan fingerprint density at radius 3 is 2.59 bits per heavy atom. The molecule has 6 heteroatoms. The van der Waals surface area contributed by atoms with E-state index < -0.39 is 9.84 Å². The van der Waals surface area contributed by atoms with Gasteiger partial charge in [-0.25, -0.2) is 8.42 Å². The highest BCUT2D eigenvalue weighted by atomic mass is 32.2. The minimum Gasteiger partial charge on any atom is -0.397 e. The Bertz CT molecular complexity index is 546. The van der Waals surface area contributed by atoms with Crippen LogP contribution in [0, 0.1) is 6.92 Å². The van der Waals surface area contributed by atoms with Crippen LogP contribution in [0.4, 0.5) is 5.69 Å². The fraction of sp³-hybridized carbons (Fsp3) is 0.545. The quantitative estimate of drug-likeness (QED) is 0.836. The summed E-state index contributed by atoms with van der Waals surface area (Å²) in [7, 11) is -3.07. The molecule has 0 aliphatic carbocycles. The lowest BCUT2D eigenvalue weighted by molar-refractivity contribution is 0.586. The Hall–Kier alpha value is -1.30. The summed E-state index contributed by atoms with van der Waals surface area (Å²) in [5.41, 5.74) is 6.67. The molecule has 0 saturated carbocycles. The molecule has 0 radical (unpaired) electrons. The number of aryl methyl sites for hydroxylation is 2. The van der Waals surface area contributed by atoms with Gasteiger partial charge in [-0.3, -0.25) is 4.79 Å². The molecule has 0 fully saturated rings. The fourth-order valence-electron chi connectivity index (χ4n) is 1.51. The summed E-state index contributed by atoms with van der Waals surface area (Å²) in [5, 5.41) is 0. The lowest BCUT2D eigenvalue weighted by Gasteiger charge is -2.08. The molecule has 96 valence electrons. The van der Waals surface area contributed by atoms with Gasteiger partial charge in [0.2, 0.25) is 0 Å². The number of pyridine rings is 1. The molecule has 1 aromatic heterocycles. The molecule has 0 bridgehead atoms. The van der Waals surface area contributed by atoms with Crippen LogP contribution in [0.15, 0.2) is 17.1 Å². The van der Waals surface area contributed by atoms with Gasteiger partial charge < -0.3 is 10.3 Å². The average molecular weight is 258 g/mol. The van der Waals surface area contributed by atoms with Crippen LogP contribution in [0.25, 0.3) is 0 Å². The Morgan fingerprint density at radius 2 is 2.00 bits per heavy atom. The molecule has 0 atom stereocenters. The summed E-state index contributed by atoms with van der Waals surface area (Å²) >= 11 is 0. The van der Waals surface area contributed by atoms with Crippen LogP contribution in [-0.4, -0.2) is 24.5 Å². The number of anilines is 1. The van der Waals surface area contributed by atoms with Crippen molar-refractivity contribution < 1.29 is 8.42 Å². The van der Waals surface area contributed by atoms with E-state index in [1.54, 1.807) is 6.92 Å². The first-order chi connectivity index (χ1) is 7.85. The Morgan fingerprint density at radius 1 is 1.35 bits per heavy atom. The SMILES string of the molecule is CCCS(=O)(=O)CCn1cc(N)c(C)cc1=O. The third-order valence-corrected chi connectivity index (χ3v) is 4.37. The first-order valence-electron chi connectivity index (χ1n) is 5.52. The molecule has 1 heterocycles. The Labute approximate surface area is 101 Å². The van der Waals surface area contributed by atoms with Crippen LogP contribution >= 0.6 is 0 Å². The molecule has 0 aromatic carbocycles. The first kappa shape index (κ1) is 13.8. The predicted octanol–water partition coefficient (Wildman–Crippen LogP) is 0.564. The van der Waals surface area contributed by atoms with Gasteiger partial charge in [0.25, 0.3) is 5.56 Å². The van der Waals surface area contributed by atoms with Crippen molar-refractivity contribution >= 4 is 15.5 Å². The zero-order chi connectivity index (χ0) is 13.1. The monoisotopic (exact) mass is 258 g/mol. The van der Waals surface area contributed by atoms with E-state index in [1.807, 2.05) is 6.92 Å². The van der Waals surface area contributed by atoms with E-state index in [4.69, 9.17) is 5.73 Å². The molecular weight excluding hydrogens is 240 g/mol. The van der Waals surface area contributed by atoms with E-state index in [-0.39, 0.29) is 23.6 Å². The fourth-order valence-corrected chi connectivity index (χ4v) is 2.81. The number of nitrogens with zero attached hydrogens (tertiary/aromatic N) is 1. The highest BCUT2D eigenvalue weighted by Gasteiger charge is 2.10. The van der Waals surface area contributed by atoms with Crippen LogP contribution < -0.4 is 11.3 Å². The van der Waals surface area contributed by atoms with Crippen molar-refractivity contribution in [3.63, 3.8) is 0 Å². The Balaban J connectivity index is 2.84. The van der Waals surface area contributed by atoms with Crippen molar-refractivity contribution in [1.29, 1.82) is 0 Å². The van der Waals surface area contributed by atoms with Gasteiger partial charge in [-0.15, -0.1) is 0 Å². The van der Waals surface area contributed by atoms with Gasteiger partial charge >= 0.3 is 0 Å². The van der Waals surface area contributed by atoms with Crippen molar-refractivity contribution in [3.8, 4) is 0 Å². The van der Waals surface area contributed by atoms with Gasteiger partial charge in [0.05, 0.1) is 11.4 Å². The molecule has 2 N–H and O–H groups in total. The van der Waals surface area contributed by atoms with Gasteiger partial charge in [0.1, 0.15) is 0 Å². The molecular formula is C11H18N2O3S. The van der Waals surface area contributed by atoms with Gasteiger partial charge in [-0.05, 0) is 18.9 Å². The van der Waals surface area contributed by atoms with Crippen LogP contribution in [-0.2, 0) is 16.4 Å². The molecule has 0 saturated heterocycles. The van der Waals surface area contributed by atoms with Gasteiger partial charge in [0.15, 0.2) is 9.84 Å². The third kappa shape index (κ3) is 3.89. The van der Waals surface area contributed by atoms with Crippen LogP contribution in [0.2, 0.25) is 0 Å². The largest absolute Gasteiger partial charge is 0.397 e. The minimum absolute atomic E-state index is 0.0246. The number of aromatic nitrogens is 1. The summed E-state index contributed by atoms with van der Waals surface area (Å²) in [6.45, 7) is 3.72. The van der Waals surface area contributed by atoms with Crippen molar-refractivity contribution in [1.82, 2.24) is 4.57 Å². The van der Waals surface area contributed by atoms with Crippen molar-refractivity contribution in [2.24, 2.45) is 0 Å². The lowest BCUT2D eigenvalue weighted by Crippen LogP contribution is -2.25. The van der Waals surface area contributed by atoms with Crippen LogP contribution in [0.3, 0.4) is 0 Å². The molecule has 1 rings (SSSR count). The normalized spacial score (nSPS) is 11.6. The molecule has 5 nitrogen and oxygen atoms in total. The Kier molecular flexibility index (Phi) is 4.34. The zero-order valence-corrected chi connectivity index (χ0v) is 11.0. The van der Waals surface area contributed by atoms with E-state index in [1.165, 1.54) is 16.8 Å². The number of nitrogen functional groups attached to an aromatic ring is 1. The second-order valence-corrected chi connectivity index (χ2v) is 6.40. The van der Waals surface area contributed by atoms with Gasteiger partial charge in [-0.2, -0.15) is 0 Å². The molecule has 1 aromatic rings. The molecule has 0 spiro atoms. The highest BCUT2D eigenvalue weighted by Crippen LogP contribution is 2.05. The summed E-state index contributed by atoms with van der Waals surface area (Å²) in [6.07, 6.45) is 2.09. The maximum absolute atomic E-state index is 11.6. The molecule has 0 aliphatic rings. The molecule has 0 amide bonds. The maximum atomic E-state index is 11.6. The molecule has 0 aliphatic heterocycles. The van der Waals surface area contributed by atoms with Crippen molar-refractivity contribution in [3.05, 3.63) is 28.2 Å². The summed E-state index contributed by atoms with van der Waals surface area (Å²) in [4.78, 5) is 11.6. The van der Waals surface area contributed by atoms with Crippen molar-refractivity contribution in [2.75, 3.05) is 17.2 Å². The number of hydrogen-bond donors (Lipinski definition) is 1. The standard InChI is InChI=1S/C11H18N2O3S/c1-3-5-17(15,16)6-4-13-8-10(12)9(2)7-11(13)14/h7-8H,3-6,12H2,1-2H3. The van der Waals surface area contributed by atoms with E-state index in [0.29, 0.717) is 17.7 Å². The number of rotatable bonds is 5. The van der Waals surface area contributed by atoms with Crippen LogP contribution in [0.5, 0.6) is 0 Å². The third-order valence-electron chi connectivity index (χ3n) is 2.53. The second-order valence-electron chi connectivity index (χ2n) is 4.10. The van der Waals surface area contributed by atoms with Crippen molar-refractivity contribution in [2.45, 2.75) is 26.8 Å². The van der Waals surface area contributed by atoms with Crippen LogP contribution in [0.1, 0.15) is 18.9 Å². The number of nitrogens with two attached hydrogens (primary N) is 1. The predicted molar refractivity (Wildman–Crippen MR) is 68.8 cm³/mol. The van der Waals surface area contributed by atoms with E-state index >= 15 is 0 Å². The highest BCUT2D eigenvalue weighted by molar-refractivity contribution is 7.91. The summed E-state index contributed by atoms with van der Waals surface area (Å²) in [5.74, 6) is 0.131. The van der Waals surface area contributed by atoms with E-state index in [2.05, 4.69) is 0 Å². The molecule has 0 unspecified atom stereocenters. The minimum atomic E-state index is -3.07. The molecule has 17 heavy (non-hydrogen) atoms. The summed E-state index contributed by atoms with van der Waals surface area (Å²) in [6, 6.07) is 1.42. The summed E-state index contributed by atoms with van der Waals surface area (Å²) < 4.78 is 24.4. The maximum Gasteiger partial charge on any atom is 0.250 e. The van der Waals surface area contributed by atoms with E-state index in [0.717, 1.165) is 0 Å². The van der Waals surface area contributed by atoms with E-state index in [9.17, 15) is 13.2 Å². The smallest absolute Gasteiger partial charge is 0.250 e. The average Bonchev–Trinajstić information content (AvgIpc) is 2.21. The number of sulfone groups is 1. The van der Waals surface area contributed by atoms with Gasteiger partial charge in [-0.1, -0.05) is 6.92 Å². The topological polar surface area (TPSA) is 82.2 Å². The number of hydrogen-bond acceptors (Lipinski definition) is 4. The van der Waals surface area contributed by atoms with Gasteiger partial charge in [0, 0.05) is 24.6 Å².